The number of hydrogen-bond donors (Lipinski definition) is 2. The van der Waals surface area contributed by atoms with Gasteiger partial charge in [0.1, 0.15) is 0 Å². The fourth-order valence-electron chi connectivity index (χ4n) is 1.81. The average molecular weight is 303 g/mol. The van der Waals surface area contributed by atoms with E-state index in [4.69, 9.17) is 4.52 Å². The summed E-state index contributed by atoms with van der Waals surface area (Å²) in [7, 11) is 1.95. The van der Waals surface area contributed by atoms with E-state index in [0.29, 0.717) is 18.5 Å². The van der Waals surface area contributed by atoms with Crippen molar-refractivity contribution in [2.75, 3.05) is 32.0 Å². The second-order valence-electron chi connectivity index (χ2n) is 6.10. The van der Waals surface area contributed by atoms with Gasteiger partial charge in [0.25, 0.3) is 0 Å². The average Bonchev–Trinajstić information content (AvgIpc) is 2.61. The molecule has 0 spiro atoms. The summed E-state index contributed by atoms with van der Waals surface area (Å²) < 4.78 is 5.13. The van der Waals surface area contributed by atoms with E-state index in [0.717, 1.165) is 18.8 Å². The number of hydrogen-bond acceptors (Lipinski definition) is 5. The van der Waals surface area contributed by atoms with Gasteiger partial charge >= 0.3 is 0 Å². The molecule has 1 aliphatic rings. The number of halogens is 1. The molecule has 1 aromatic rings. The molecule has 6 nitrogen and oxygen atoms in total. The Bertz CT molecular complexity index is 451. The van der Waals surface area contributed by atoms with Gasteiger partial charge in [-0.15, -0.1) is 12.4 Å². The maximum absolute atomic E-state index is 11.9. The first-order valence-corrected chi connectivity index (χ1v) is 6.54. The first-order valence-electron chi connectivity index (χ1n) is 6.54. The Hall–Kier alpha value is -1.11. The lowest BCUT2D eigenvalue weighted by atomic mass is 9.92. The lowest BCUT2D eigenvalue weighted by Gasteiger charge is -2.35. The molecule has 0 radical (unpaired) electrons. The molecule has 1 fully saturated rings. The Morgan fingerprint density at radius 2 is 2.20 bits per heavy atom. The lowest BCUT2D eigenvalue weighted by molar-refractivity contribution is -0.117. The van der Waals surface area contributed by atoms with Gasteiger partial charge < -0.3 is 9.84 Å². The number of amides is 1. The maximum Gasteiger partial charge on any atom is 0.240 e. The van der Waals surface area contributed by atoms with Gasteiger partial charge in [0.2, 0.25) is 11.8 Å². The van der Waals surface area contributed by atoms with Gasteiger partial charge in [-0.2, -0.15) is 0 Å². The SMILES string of the molecule is CN(CC(=O)Nc1cc(C(C)(C)C)no1)C1CNC1.Cl. The van der Waals surface area contributed by atoms with Crippen LogP contribution in [0.5, 0.6) is 0 Å². The molecular formula is C13H23ClN4O2. The standard InChI is InChI=1S/C13H22N4O2.ClH/c1-13(2,3)10-5-12(19-16-10)15-11(18)8-17(4)9-6-14-7-9;/h5,9,14H,6-8H2,1-4H3,(H,15,18);1H. The summed E-state index contributed by atoms with van der Waals surface area (Å²) in [5.41, 5.74) is 0.750. The molecule has 0 bridgehead atoms. The highest BCUT2D eigenvalue weighted by atomic mass is 35.5. The predicted octanol–water partition coefficient (Wildman–Crippen LogP) is 1.24. The molecule has 0 aromatic carbocycles. The van der Waals surface area contributed by atoms with Crippen LogP contribution in [0.2, 0.25) is 0 Å². The molecule has 20 heavy (non-hydrogen) atoms. The van der Waals surface area contributed by atoms with E-state index in [1.165, 1.54) is 0 Å². The largest absolute Gasteiger partial charge is 0.338 e. The van der Waals surface area contributed by atoms with Crippen LogP contribution < -0.4 is 10.6 Å². The Kier molecular flexibility index (Phi) is 5.56. The van der Waals surface area contributed by atoms with Crippen LogP contribution in [-0.2, 0) is 10.2 Å². The van der Waals surface area contributed by atoms with Gasteiger partial charge in [0, 0.05) is 30.6 Å². The molecule has 2 rings (SSSR count). The zero-order chi connectivity index (χ0) is 14.0. The van der Waals surface area contributed by atoms with E-state index in [-0.39, 0.29) is 23.7 Å². The molecule has 1 saturated heterocycles. The monoisotopic (exact) mass is 302 g/mol. The van der Waals surface area contributed by atoms with Crippen molar-refractivity contribution in [3.63, 3.8) is 0 Å². The van der Waals surface area contributed by atoms with Crippen molar-refractivity contribution in [3.8, 4) is 0 Å². The van der Waals surface area contributed by atoms with Crippen LogP contribution in [0.25, 0.3) is 0 Å². The molecule has 2 N–H and O–H groups in total. The molecule has 0 saturated carbocycles. The second-order valence-corrected chi connectivity index (χ2v) is 6.10. The van der Waals surface area contributed by atoms with Crippen LogP contribution in [0.3, 0.4) is 0 Å². The van der Waals surface area contributed by atoms with E-state index in [9.17, 15) is 4.79 Å². The molecule has 0 atom stereocenters. The molecular weight excluding hydrogens is 280 g/mol. The van der Waals surface area contributed by atoms with Crippen LogP contribution in [0.4, 0.5) is 5.88 Å². The second kappa shape index (κ2) is 6.56. The minimum Gasteiger partial charge on any atom is -0.338 e. The van der Waals surface area contributed by atoms with Crippen LogP contribution >= 0.6 is 12.4 Å². The number of nitrogens with zero attached hydrogens (tertiary/aromatic N) is 2. The van der Waals surface area contributed by atoms with Gasteiger partial charge in [0.15, 0.2) is 0 Å². The van der Waals surface area contributed by atoms with Gasteiger partial charge in [-0.25, -0.2) is 0 Å². The molecule has 1 amide bonds. The summed E-state index contributed by atoms with van der Waals surface area (Å²) in [6.07, 6.45) is 0. The lowest BCUT2D eigenvalue weighted by Crippen LogP contribution is -2.57. The van der Waals surface area contributed by atoms with Crippen molar-refractivity contribution >= 4 is 24.2 Å². The molecule has 114 valence electrons. The minimum atomic E-state index is -0.0825. The molecule has 0 aliphatic carbocycles. The van der Waals surface area contributed by atoms with Crippen LogP contribution in [-0.4, -0.2) is 48.7 Å². The minimum absolute atomic E-state index is 0. The summed E-state index contributed by atoms with van der Waals surface area (Å²) in [5.74, 6) is 0.334. The summed E-state index contributed by atoms with van der Waals surface area (Å²) in [6.45, 7) is 8.40. The number of anilines is 1. The van der Waals surface area contributed by atoms with Crippen molar-refractivity contribution in [1.82, 2.24) is 15.4 Å². The summed E-state index contributed by atoms with van der Waals surface area (Å²) in [5, 5.41) is 9.89. The number of rotatable bonds is 4. The van der Waals surface area contributed by atoms with Crippen LogP contribution in [0.1, 0.15) is 26.5 Å². The quantitative estimate of drug-likeness (QED) is 0.875. The van der Waals surface area contributed by atoms with E-state index in [1.54, 1.807) is 6.07 Å². The van der Waals surface area contributed by atoms with E-state index in [2.05, 4.69) is 15.8 Å². The van der Waals surface area contributed by atoms with Gasteiger partial charge in [-0.05, 0) is 7.05 Å². The molecule has 1 aromatic heterocycles. The number of likely N-dealkylation sites (N-methyl/N-ethyl adjacent to an activating group) is 1. The fourth-order valence-corrected chi connectivity index (χ4v) is 1.81. The highest BCUT2D eigenvalue weighted by Gasteiger charge is 2.24. The third kappa shape index (κ3) is 4.19. The Morgan fingerprint density at radius 1 is 1.55 bits per heavy atom. The van der Waals surface area contributed by atoms with Gasteiger partial charge in [-0.3, -0.25) is 15.0 Å². The Morgan fingerprint density at radius 3 is 2.65 bits per heavy atom. The zero-order valence-electron chi connectivity index (χ0n) is 12.4. The normalized spacial score (nSPS) is 15.7. The van der Waals surface area contributed by atoms with Crippen molar-refractivity contribution in [2.24, 2.45) is 0 Å². The van der Waals surface area contributed by atoms with Crippen molar-refractivity contribution in [2.45, 2.75) is 32.2 Å². The number of nitrogens with one attached hydrogen (secondary N) is 2. The highest BCUT2D eigenvalue weighted by Crippen LogP contribution is 2.23. The maximum atomic E-state index is 11.9. The van der Waals surface area contributed by atoms with Crippen molar-refractivity contribution in [1.29, 1.82) is 0 Å². The number of carbonyl (C=O) groups excluding carboxylic acids is 1. The number of carbonyl (C=O) groups is 1. The summed E-state index contributed by atoms with van der Waals surface area (Å²) in [4.78, 5) is 13.9. The van der Waals surface area contributed by atoms with Crippen molar-refractivity contribution in [3.05, 3.63) is 11.8 Å². The van der Waals surface area contributed by atoms with Gasteiger partial charge in [0.05, 0.1) is 12.2 Å². The Labute approximate surface area is 125 Å². The van der Waals surface area contributed by atoms with Crippen LogP contribution in [0, 0.1) is 0 Å². The highest BCUT2D eigenvalue weighted by molar-refractivity contribution is 5.91. The molecule has 2 heterocycles. The first-order chi connectivity index (χ1) is 8.86. The Balaban J connectivity index is 0.00000200. The van der Waals surface area contributed by atoms with Crippen LogP contribution in [0.15, 0.2) is 10.6 Å². The third-order valence-corrected chi connectivity index (χ3v) is 3.32. The predicted molar refractivity (Wildman–Crippen MR) is 80.4 cm³/mol. The molecule has 1 aliphatic heterocycles. The van der Waals surface area contributed by atoms with Crippen molar-refractivity contribution < 1.29 is 9.32 Å². The van der Waals surface area contributed by atoms with Gasteiger partial charge in [-0.1, -0.05) is 25.9 Å². The zero-order valence-corrected chi connectivity index (χ0v) is 13.2. The molecule has 7 heteroatoms. The van der Waals surface area contributed by atoms with E-state index < -0.39 is 0 Å². The molecule has 0 unspecified atom stereocenters. The first kappa shape index (κ1) is 16.9. The summed E-state index contributed by atoms with van der Waals surface area (Å²) >= 11 is 0. The number of aromatic nitrogens is 1. The van der Waals surface area contributed by atoms with E-state index >= 15 is 0 Å². The summed E-state index contributed by atoms with van der Waals surface area (Å²) in [6, 6.07) is 2.23. The third-order valence-electron chi connectivity index (χ3n) is 3.32. The fraction of sp³-hybridized carbons (Fsp3) is 0.692. The topological polar surface area (TPSA) is 70.4 Å². The smallest absolute Gasteiger partial charge is 0.240 e. The van der Waals surface area contributed by atoms with E-state index in [1.807, 2.05) is 32.7 Å².